The number of fused-ring (bicyclic) bond motifs is 1. The number of rotatable bonds is 2. The van der Waals surface area contributed by atoms with E-state index in [1.165, 1.54) is 11.6 Å². The molecule has 0 saturated carbocycles. The Morgan fingerprint density at radius 1 is 1.20 bits per heavy atom. The third-order valence-corrected chi connectivity index (χ3v) is 3.62. The molecule has 8 nitrogen and oxygen atoms in total. The normalized spacial score (nSPS) is 16.9. The molecule has 0 amide bonds. The zero-order valence-electron chi connectivity index (χ0n) is 11.5. The van der Waals surface area contributed by atoms with Gasteiger partial charge >= 0.3 is 5.69 Å². The maximum Gasteiger partial charge on any atom is 0.332 e. The van der Waals surface area contributed by atoms with Gasteiger partial charge in [-0.1, -0.05) is 0 Å². The highest BCUT2D eigenvalue weighted by molar-refractivity contribution is 5.69. The summed E-state index contributed by atoms with van der Waals surface area (Å²) >= 11 is 0. The first-order valence-electron chi connectivity index (χ1n) is 6.52. The summed E-state index contributed by atoms with van der Waals surface area (Å²) < 4.78 is 7.76. The molecule has 3 heterocycles. The summed E-state index contributed by atoms with van der Waals surface area (Å²) in [5.41, 5.74) is 0.0648. The molecule has 0 spiro atoms. The predicted molar refractivity (Wildman–Crippen MR) is 72.7 cm³/mol. The summed E-state index contributed by atoms with van der Waals surface area (Å²) in [6.07, 6.45) is 0. The molecule has 1 aliphatic rings. The second-order valence-electron chi connectivity index (χ2n) is 4.98. The molecule has 0 atom stereocenters. The molecular weight excluding hydrogens is 262 g/mol. The van der Waals surface area contributed by atoms with E-state index in [1.807, 2.05) is 0 Å². The van der Waals surface area contributed by atoms with Crippen molar-refractivity contribution < 1.29 is 4.74 Å². The molecule has 2 aromatic heterocycles. The van der Waals surface area contributed by atoms with Crippen LogP contribution in [0.4, 0.5) is 0 Å². The molecule has 3 rings (SSSR count). The lowest BCUT2D eigenvalue weighted by molar-refractivity contribution is 0.0332. The summed E-state index contributed by atoms with van der Waals surface area (Å²) in [5.74, 6) is 0.695. The highest BCUT2D eigenvalue weighted by Gasteiger charge is 2.16. The lowest BCUT2D eigenvalue weighted by Gasteiger charge is -2.25. The average molecular weight is 279 g/mol. The summed E-state index contributed by atoms with van der Waals surface area (Å²) in [7, 11) is 3.08. The van der Waals surface area contributed by atoms with Gasteiger partial charge in [-0.25, -0.2) is 9.78 Å². The molecule has 1 aliphatic heterocycles. The lowest BCUT2D eigenvalue weighted by atomic mass is 10.4. The van der Waals surface area contributed by atoms with Crippen LogP contribution < -0.4 is 11.2 Å². The third kappa shape index (κ3) is 2.06. The Morgan fingerprint density at radius 2 is 1.90 bits per heavy atom. The molecule has 1 N–H and O–H groups in total. The Labute approximate surface area is 114 Å². The average Bonchev–Trinajstić information content (AvgIpc) is 2.88. The number of nitrogens with zero attached hydrogens (tertiary/aromatic N) is 4. The Hall–Kier alpha value is -1.93. The van der Waals surface area contributed by atoms with Crippen molar-refractivity contribution in [2.45, 2.75) is 6.54 Å². The fourth-order valence-corrected chi connectivity index (χ4v) is 2.42. The van der Waals surface area contributed by atoms with Crippen LogP contribution in [0.5, 0.6) is 0 Å². The first kappa shape index (κ1) is 13.1. The molecule has 20 heavy (non-hydrogen) atoms. The van der Waals surface area contributed by atoms with Gasteiger partial charge in [0.05, 0.1) is 19.8 Å². The highest BCUT2D eigenvalue weighted by atomic mass is 16.5. The molecule has 0 unspecified atom stereocenters. The molecule has 8 heteroatoms. The number of hydrogen-bond donors (Lipinski definition) is 1. The van der Waals surface area contributed by atoms with Crippen LogP contribution in [0.2, 0.25) is 0 Å². The van der Waals surface area contributed by atoms with Crippen LogP contribution in [0.3, 0.4) is 0 Å². The summed E-state index contributed by atoms with van der Waals surface area (Å²) in [5, 5.41) is 0. The van der Waals surface area contributed by atoms with E-state index >= 15 is 0 Å². The van der Waals surface area contributed by atoms with Crippen molar-refractivity contribution in [3.8, 4) is 0 Å². The van der Waals surface area contributed by atoms with Gasteiger partial charge in [0.2, 0.25) is 0 Å². The van der Waals surface area contributed by atoms with Crippen LogP contribution in [-0.4, -0.2) is 50.3 Å². The number of H-pyrrole nitrogens is 1. The number of imidazole rings is 1. The van der Waals surface area contributed by atoms with Gasteiger partial charge in [-0.2, -0.15) is 0 Å². The molecule has 0 radical (unpaired) electrons. The van der Waals surface area contributed by atoms with Gasteiger partial charge in [0.25, 0.3) is 5.56 Å². The minimum Gasteiger partial charge on any atom is -0.379 e. The van der Waals surface area contributed by atoms with Crippen molar-refractivity contribution in [3.63, 3.8) is 0 Å². The van der Waals surface area contributed by atoms with E-state index in [2.05, 4.69) is 14.9 Å². The van der Waals surface area contributed by atoms with E-state index in [9.17, 15) is 9.59 Å². The van der Waals surface area contributed by atoms with Gasteiger partial charge in [-0.05, 0) is 0 Å². The highest BCUT2D eigenvalue weighted by Crippen LogP contribution is 2.08. The minimum atomic E-state index is -0.369. The van der Waals surface area contributed by atoms with Gasteiger partial charge < -0.3 is 9.72 Å². The smallest absolute Gasteiger partial charge is 0.332 e. The van der Waals surface area contributed by atoms with Crippen LogP contribution in [0, 0.1) is 0 Å². The van der Waals surface area contributed by atoms with E-state index in [1.54, 1.807) is 7.05 Å². The van der Waals surface area contributed by atoms with Gasteiger partial charge in [0.15, 0.2) is 5.65 Å². The summed E-state index contributed by atoms with van der Waals surface area (Å²) in [4.78, 5) is 33.5. The Kier molecular flexibility index (Phi) is 3.19. The van der Waals surface area contributed by atoms with Crippen LogP contribution in [0.15, 0.2) is 9.59 Å². The van der Waals surface area contributed by atoms with Crippen molar-refractivity contribution in [2.24, 2.45) is 14.1 Å². The third-order valence-electron chi connectivity index (χ3n) is 3.62. The number of ether oxygens (including phenoxy) is 1. The van der Waals surface area contributed by atoms with E-state index in [4.69, 9.17) is 4.74 Å². The van der Waals surface area contributed by atoms with Crippen LogP contribution in [-0.2, 0) is 25.4 Å². The first-order chi connectivity index (χ1) is 9.58. The van der Waals surface area contributed by atoms with E-state index in [0.717, 1.165) is 17.7 Å². The number of nitrogens with one attached hydrogen (secondary N) is 1. The molecule has 108 valence electrons. The van der Waals surface area contributed by atoms with Gasteiger partial charge in [-0.3, -0.25) is 18.8 Å². The quantitative estimate of drug-likeness (QED) is 0.746. The Balaban J connectivity index is 2.02. The molecular formula is C12H17N5O3. The zero-order valence-corrected chi connectivity index (χ0v) is 11.5. The maximum absolute atomic E-state index is 12.1. The van der Waals surface area contributed by atoms with Gasteiger partial charge in [0, 0.05) is 27.2 Å². The lowest BCUT2D eigenvalue weighted by Crippen LogP contribution is -2.36. The van der Waals surface area contributed by atoms with E-state index in [0.29, 0.717) is 36.7 Å². The molecule has 0 aromatic carbocycles. The predicted octanol–water partition coefficient (Wildman–Crippen LogP) is -1.21. The minimum absolute atomic E-state index is 0.344. The maximum atomic E-state index is 12.1. The van der Waals surface area contributed by atoms with E-state index < -0.39 is 0 Å². The fraction of sp³-hybridized carbons (Fsp3) is 0.583. The van der Waals surface area contributed by atoms with Crippen molar-refractivity contribution in [2.75, 3.05) is 26.3 Å². The van der Waals surface area contributed by atoms with Crippen molar-refractivity contribution in [1.29, 1.82) is 0 Å². The largest absolute Gasteiger partial charge is 0.379 e. The summed E-state index contributed by atoms with van der Waals surface area (Å²) in [6.45, 7) is 3.72. The number of hydrogen-bond acceptors (Lipinski definition) is 5. The second kappa shape index (κ2) is 4.88. The standard InChI is InChI=1S/C12H17N5O3/c1-15-10-9(11(18)16(2)12(15)19)13-8(14-10)7-17-3-5-20-6-4-17/h3-7H2,1-2H3,(H,13,14). The first-order valence-corrected chi connectivity index (χ1v) is 6.52. The Morgan fingerprint density at radius 3 is 2.60 bits per heavy atom. The number of morpholine rings is 1. The molecule has 1 fully saturated rings. The fourth-order valence-electron chi connectivity index (χ4n) is 2.42. The molecule has 1 saturated heterocycles. The van der Waals surface area contributed by atoms with Crippen molar-refractivity contribution in [3.05, 3.63) is 26.7 Å². The van der Waals surface area contributed by atoms with Crippen molar-refractivity contribution in [1.82, 2.24) is 24.0 Å². The van der Waals surface area contributed by atoms with Crippen molar-refractivity contribution >= 4 is 11.2 Å². The van der Waals surface area contributed by atoms with Crippen LogP contribution in [0.1, 0.15) is 5.82 Å². The van der Waals surface area contributed by atoms with Crippen LogP contribution >= 0.6 is 0 Å². The number of aromatic amines is 1. The molecule has 2 aromatic rings. The summed E-state index contributed by atoms with van der Waals surface area (Å²) in [6, 6.07) is 0. The Bertz CT molecular complexity index is 751. The number of aromatic nitrogens is 4. The van der Waals surface area contributed by atoms with E-state index in [-0.39, 0.29) is 11.2 Å². The second-order valence-corrected chi connectivity index (χ2v) is 4.98. The zero-order chi connectivity index (χ0) is 14.3. The SMILES string of the molecule is Cn1c(=O)c2[nH]c(CN3CCOCC3)nc2n(C)c1=O. The number of aryl methyl sites for hydroxylation is 1. The van der Waals surface area contributed by atoms with Gasteiger partial charge in [-0.15, -0.1) is 0 Å². The van der Waals surface area contributed by atoms with Gasteiger partial charge in [0.1, 0.15) is 11.3 Å². The molecule has 0 aliphatic carbocycles. The monoisotopic (exact) mass is 279 g/mol. The van der Waals surface area contributed by atoms with Crippen LogP contribution in [0.25, 0.3) is 11.2 Å². The molecule has 0 bridgehead atoms. The topological polar surface area (TPSA) is 85.2 Å².